The molecule has 0 aliphatic rings. The number of rotatable bonds is 2. The standard InChI is InChI=1S/C13H11N3O2/c17-8-9-5-6-13(18)12(7-9)16-14-10-3-1-2-4-11(10)15-16/h1-7,17-18H,8H2. The zero-order valence-electron chi connectivity index (χ0n) is 9.48. The van der Waals surface area contributed by atoms with E-state index in [1.54, 1.807) is 12.1 Å². The topological polar surface area (TPSA) is 71.2 Å². The summed E-state index contributed by atoms with van der Waals surface area (Å²) in [6.07, 6.45) is 0. The molecule has 18 heavy (non-hydrogen) atoms. The Bertz CT molecular complexity index is 673. The van der Waals surface area contributed by atoms with Gasteiger partial charge >= 0.3 is 0 Å². The average molecular weight is 241 g/mol. The largest absolute Gasteiger partial charge is 0.506 e. The van der Waals surface area contributed by atoms with Crippen LogP contribution in [0.15, 0.2) is 42.5 Å². The number of hydrogen-bond acceptors (Lipinski definition) is 4. The number of benzene rings is 2. The molecule has 1 heterocycles. The SMILES string of the molecule is OCc1ccc(O)c(-n2nc3ccccc3n2)c1. The molecule has 1 aromatic heterocycles. The zero-order valence-corrected chi connectivity index (χ0v) is 9.48. The van der Waals surface area contributed by atoms with Crippen LogP contribution in [0.4, 0.5) is 0 Å². The summed E-state index contributed by atoms with van der Waals surface area (Å²) in [5.74, 6) is 0.0764. The van der Waals surface area contributed by atoms with Crippen LogP contribution in [0.1, 0.15) is 5.56 Å². The molecule has 2 N–H and O–H groups in total. The summed E-state index contributed by atoms with van der Waals surface area (Å²) in [5.41, 5.74) is 2.67. The van der Waals surface area contributed by atoms with Crippen molar-refractivity contribution in [3.8, 4) is 11.4 Å². The van der Waals surface area contributed by atoms with Gasteiger partial charge in [0.25, 0.3) is 0 Å². The van der Waals surface area contributed by atoms with Crippen molar-refractivity contribution in [1.82, 2.24) is 15.0 Å². The molecule has 5 nitrogen and oxygen atoms in total. The predicted molar refractivity (Wildman–Crippen MR) is 66.5 cm³/mol. The lowest BCUT2D eigenvalue weighted by atomic mass is 10.2. The number of aromatic nitrogens is 3. The Kier molecular flexibility index (Phi) is 2.46. The van der Waals surface area contributed by atoms with Gasteiger partial charge in [-0.2, -0.15) is 0 Å². The van der Waals surface area contributed by atoms with Gasteiger partial charge in [-0.25, -0.2) is 0 Å². The van der Waals surface area contributed by atoms with E-state index >= 15 is 0 Å². The predicted octanol–water partition coefficient (Wildman–Crippen LogP) is 1.62. The number of aliphatic hydroxyl groups is 1. The van der Waals surface area contributed by atoms with E-state index in [9.17, 15) is 5.11 Å². The lowest BCUT2D eigenvalue weighted by molar-refractivity contribution is 0.281. The second kappa shape index (κ2) is 4.12. The number of phenolic OH excluding ortho intramolecular Hbond substituents is 1. The molecule has 0 saturated carbocycles. The summed E-state index contributed by atoms with van der Waals surface area (Å²) in [6, 6.07) is 12.3. The van der Waals surface area contributed by atoms with Crippen LogP contribution in [0.3, 0.4) is 0 Å². The lowest BCUT2D eigenvalue weighted by Crippen LogP contribution is -2.00. The third-order valence-corrected chi connectivity index (χ3v) is 2.72. The summed E-state index contributed by atoms with van der Waals surface area (Å²) in [4.78, 5) is 1.37. The first kappa shape index (κ1) is 10.7. The second-order valence-electron chi connectivity index (χ2n) is 3.96. The summed E-state index contributed by atoms with van der Waals surface area (Å²) in [7, 11) is 0. The van der Waals surface area contributed by atoms with Crippen LogP contribution in [0.25, 0.3) is 16.7 Å². The summed E-state index contributed by atoms with van der Waals surface area (Å²) in [5, 5.41) is 27.5. The summed E-state index contributed by atoms with van der Waals surface area (Å²) >= 11 is 0. The van der Waals surface area contributed by atoms with Gasteiger partial charge < -0.3 is 10.2 Å². The fourth-order valence-electron chi connectivity index (χ4n) is 1.80. The smallest absolute Gasteiger partial charge is 0.143 e. The first-order chi connectivity index (χ1) is 8.78. The Labute approximate surface area is 103 Å². The van der Waals surface area contributed by atoms with Crippen molar-refractivity contribution in [2.45, 2.75) is 6.61 Å². The Hall–Kier alpha value is -2.40. The van der Waals surface area contributed by atoms with Gasteiger partial charge in [0.1, 0.15) is 22.5 Å². The number of hydrogen-bond donors (Lipinski definition) is 2. The molecule has 3 rings (SSSR count). The number of aliphatic hydroxyl groups excluding tert-OH is 1. The molecule has 0 saturated heterocycles. The second-order valence-corrected chi connectivity index (χ2v) is 3.96. The molecule has 0 amide bonds. The lowest BCUT2D eigenvalue weighted by Gasteiger charge is -2.04. The van der Waals surface area contributed by atoms with Gasteiger partial charge in [0.05, 0.1) is 6.61 Å². The molecule has 2 aromatic carbocycles. The molecular weight excluding hydrogens is 230 g/mol. The maximum atomic E-state index is 9.83. The highest BCUT2D eigenvalue weighted by atomic mass is 16.3. The van der Waals surface area contributed by atoms with Gasteiger partial charge in [0.15, 0.2) is 0 Å². The van der Waals surface area contributed by atoms with Crippen molar-refractivity contribution in [2.75, 3.05) is 0 Å². The first-order valence-electron chi connectivity index (χ1n) is 5.53. The van der Waals surface area contributed by atoms with Crippen LogP contribution in [0.2, 0.25) is 0 Å². The van der Waals surface area contributed by atoms with E-state index in [2.05, 4.69) is 10.2 Å². The van der Waals surface area contributed by atoms with Crippen molar-refractivity contribution in [3.63, 3.8) is 0 Å². The van der Waals surface area contributed by atoms with E-state index < -0.39 is 0 Å². The molecule has 3 aromatic rings. The quantitative estimate of drug-likeness (QED) is 0.715. The van der Waals surface area contributed by atoms with E-state index in [1.807, 2.05) is 24.3 Å². The fraction of sp³-hybridized carbons (Fsp3) is 0.0769. The van der Waals surface area contributed by atoms with Crippen LogP contribution >= 0.6 is 0 Å². The highest BCUT2D eigenvalue weighted by molar-refractivity contribution is 5.73. The van der Waals surface area contributed by atoms with Gasteiger partial charge in [0, 0.05) is 0 Å². The number of nitrogens with zero attached hydrogens (tertiary/aromatic N) is 3. The normalized spacial score (nSPS) is 10.9. The summed E-state index contributed by atoms with van der Waals surface area (Å²) in [6.45, 7) is -0.0892. The van der Waals surface area contributed by atoms with Crippen LogP contribution < -0.4 is 0 Å². The molecule has 90 valence electrons. The van der Waals surface area contributed by atoms with E-state index in [0.29, 0.717) is 11.3 Å². The monoisotopic (exact) mass is 241 g/mol. The molecule has 0 spiro atoms. The Morgan fingerprint density at radius 1 is 1.00 bits per heavy atom. The third kappa shape index (κ3) is 1.70. The molecule has 0 bridgehead atoms. The molecule has 0 atom stereocenters. The van der Waals surface area contributed by atoms with Gasteiger partial charge in [0.2, 0.25) is 0 Å². The van der Waals surface area contributed by atoms with E-state index in [4.69, 9.17) is 5.11 Å². The zero-order chi connectivity index (χ0) is 12.5. The average Bonchev–Trinajstić information content (AvgIpc) is 2.82. The molecule has 0 unspecified atom stereocenters. The van der Waals surface area contributed by atoms with E-state index in [1.165, 1.54) is 10.9 Å². The first-order valence-corrected chi connectivity index (χ1v) is 5.53. The van der Waals surface area contributed by atoms with Crippen LogP contribution in [-0.2, 0) is 6.61 Å². The van der Waals surface area contributed by atoms with E-state index in [0.717, 1.165) is 11.0 Å². The number of fused-ring (bicyclic) bond motifs is 1. The van der Waals surface area contributed by atoms with Crippen LogP contribution in [-0.4, -0.2) is 25.2 Å². The van der Waals surface area contributed by atoms with Crippen molar-refractivity contribution in [2.24, 2.45) is 0 Å². The Morgan fingerprint density at radius 2 is 1.67 bits per heavy atom. The van der Waals surface area contributed by atoms with Crippen molar-refractivity contribution in [3.05, 3.63) is 48.0 Å². The van der Waals surface area contributed by atoms with Crippen LogP contribution in [0.5, 0.6) is 5.75 Å². The third-order valence-electron chi connectivity index (χ3n) is 2.72. The highest BCUT2D eigenvalue weighted by Crippen LogP contribution is 2.22. The maximum Gasteiger partial charge on any atom is 0.143 e. The molecular formula is C13H11N3O2. The molecule has 5 heteroatoms. The Balaban J connectivity index is 2.19. The minimum Gasteiger partial charge on any atom is -0.506 e. The van der Waals surface area contributed by atoms with Crippen molar-refractivity contribution >= 4 is 11.0 Å². The van der Waals surface area contributed by atoms with Gasteiger partial charge in [-0.3, -0.25) is 0 Å². The Morgan fingerprint density at radius 3 is 2.28 bits per heavy atom. The molecule has 0 fully saturated rings. The molecule has 0 radical (unpaired) electrons. The number of aromatic hydroxyl groups is 1. The minimum atomic E-state index is -0.0892. The maximum absolute atomic E-state index is 9.83. The van der Waals surface area contributed by atoms with Gasteiger partial charge in [-0.15, -0.1) is 15.0 Å². The minimum absolute atomic E-state index is 0.0764. The fourth-order valence-corrected chi connectivity index (χ4v) is 1.80. The van der Waals surface area contributed by atoms with Crippen LogP contribution in [0, 0.1) is 0 Å². The van der Waals surface area contributed by atoms with Gasteiger partial charge in [-0.05, 0) is 29.8 Å². The highest BCUT2D eigenvalue weighted by Gasteiger charge is 2.09. The molecule has 0 aliphatic carbocycles. The molecule has 0 aliphatic heterocycles. The summed E-state index contributed by atoms with van der Waals surface area (Å²) < 4.78 is 0. The van der Waals surface area contributed by atoms with Crippen molar-refractivity contribution in [1.29, 1.82) is 0 Å². The van der Waals surface area contributed by atoms with Crippen molar-refractivity contribution < 1.29 is 10.2 Å². The van der Waals surface area contributed by atoms with Gasteiger partial charge in [-0.1, -0.05) is 18.2 Å². The van der Waals surface area contributed by atoms with E-state index in [-0.39, 0.29) is 12.4 Å². The number of phenols is 1.